The lowest BCUT2D eigenvalue weighted by Crippen LogP contribution is -2.30. The van der Waals surface area contributed by atoms with E-state index in [2.05, 4.69) is 73.6 Å². The van der Waals surface area contributed by atoms with Gasteiger partial charge < -0.3 is 5.32 Å². The minimum absolute atomic E-state index is 0.313. The lowest BCUT2D eigenvalue weighted by atomic mass is 10.0. The average molecular weight is 277 g/mol. The normalized spacial score (nSPS) is 13.4. The summed E-state index contributed by atoms with van der Waals surface area (Å²) in [4.78, 5) is 0. The molecule has 0 aliphatic carbocycles. The van der Waals surface area contributed by atoms with Gasteiger partial charge in [-0.2, -0.15) is 0 Å². The Balaban J connectivity index is 2.07. The molecule has 2 aromatic carbocycles. The molecule has 0 bridgehead atoms. The first-order valence-corrected chi connectivity index (χ1v) is 7.59. The van der Waals surface area contributed by atoms with Crippen LogP contribution in [0.1, 0.15) is 38.3 Å². The van der Waals surface area contributed by atoms with Crippen LogP contribution >= 0.6 is 0 Å². The molecule has 0 spiro atoms. The summed E-state index contributed by atoms with van der Waals surface area (Å²) in [6, 6.07) is 19.9. The highest BCUT2D eigenvalue weighted by Gasteiger charge is 2.11. The highest BCUT2D eigenvalue weighted by molar-refractivity contribution is 5.63. The van der Waals surface area contributed by atoms with E-state index in [-0.39, 0.29) is 0 Å². The van der Waals surface area contributed by atoms with Crippen molar-refractivity contribution in [2.45, 2.75) is 38.8 Å². The van der Waals surface area contributed by atoms with Gasteiger partial charge >= 0.3 is 0 Å². The lowest BCUT2D eigenvalue weighted by molar-refractivity contribution is 0.449. The largest absolute Gasteiger partial charge is 0.307 e. The van der Waals surface area contributed by atoms with Crippen LogP contribution in [0.4, 0.5) is 0 Å². The van der Waals surface area contributed by atoms with Crippen molar-refractivity contribution in [3.8, 4) is 23.5 Å². The molecule has 0 aliphatic heterocycles. The van der Waals surface area contributed by atoms with Crippen LogP contribution in [0.3, 0.4) is 0 Å². The molecule has 2 rings (SSSR count). The molecule has 0 saturated heterocycles. The van der Waals surface area contributed by atoms with E-state index in [1.165, 1.54) is 16.7 Å². The summed E-state index contributed by atoms with van der Waals surface area (Å²) in [5, 5.41) is 3.60. The van der Waals surface area contributed by atoms with Crippen LogP contribution in [0.25, 0.3) is 11.1 Å². The molecule has 0 heterocycles. The summed E-state index contributed by atoms with van der Waals surface area (Å²) in [5.74, 6) is 2.74. The molecular formula is C20H23N. The quantitative estimate of drug-likeness (QED) is 0.747. The second-order valence-corrected chi connectivity index (χ2v) is 5.39. The fraction of sp³-hybridized carbons (Fsp3) is 0.300. The first-order valence-electron chi connectivity index (χ1n) is 7.59. The van der Waals surface area contributed by atoms with Crippen molar-refractivity contribution < 1.29 is 0 Å². The Hall–Kier alpha value is -2.04. The first kappa shape index (κ1) is 15.4. The number of rotatable bonds is 6. The Labute approximate surface area is 128 Å². The predicted molar refractivity (Wildman–Crippen MR) is 91.0 cm³/mol. The van der Waals surface area contributed by atoms with Gasteiger partial charge in [-0.3, -0.25) is 0 Å². The zero-order valence-electron chi connectivity index (χ0n) is 12.8. The maximum absolute atomic E-state index is 5.41. The summed E-state index contributed by atoms with van der Waals surface area (Å²) < 4.78 is 0. The second-order valence-electron chi connectivity index (χ2n) is 5.39. The van der Waals surface area contributed by atoms with E-state index in [0.29, 0.717) is 12.1 Å². The monoisotopic (exact) mass is 277 g/mol. The van der Waals surface area contributed by atoms with Crippen LogP contribution in [0, 0.1) is 12.3 Å². The third-order valence-electron chi connectivity index (χ3n) is 3.86. The number of hydrogen-bond donors (Lipinski definition) is 1. The zero-order valence-corrected chi connectivity index (χ0v) is 12.8. The summed E-state index contributed by atoms with van der Waals surface area (Å²) in [5.41, 5.74) is 3.80. The molecule has 0 fully saturated rings. The zero-order chi connectivity index (χ0) is 15.1. The van der Waals surface area contributed by atoms with Crippen LogP contribution in [0.5, 0.6) is 0 Å². The van der Waals surface area contributed by atoms with E-state index in [9.17, 15) is 0 Å². The van der Waals surface area contributed by atoms with Crippen molar-refractivity contribution in [2.24, 2.45) is 0 Å². The van der Waals surface area contributed by atoms with Crippen molar-refractivity contribution >= 4 is 0 Å². The standard InChI is InChI=1S/C20H23N/c1-4-9-20(5-2)21-16(3)17-12-14-19(15-13-17)18-10-7-6-8-11-18/h1,6-8,10-16,20-21H,5,9H2,2-3H3. The molecule has 2 aromatic rings. The Kier molecular flexibility index (Phi) is 5.60. The minimum Gasteiger partial charge on any atom is -0.307 e. The Morgan fingerprint density at radius 2 is 1.62 bits per heavy atom. The molecule has 0 amide bonds. The van der Waals surface area contributed by atoms with Gasteiger partial charge in [0.25, 0.3) is 0 Å². The van der Waals surface area contributed by atoms with Crippen LogP contribution < -0.4 is 5.32 Å². The van der Waals surface area contributed by atoms with Gasteiger partial charge in [-0.15, -0.1) is 12.3 Å². The van der Waals surface area contributed by atoms with E-state index in [0.717, 1.165) is 12.8 Å². The van der Waals surface area contributed by atoms with Gasteiger partial charge in [-0.1, -0.05) is 61.5 Å². The van der Waals surface area contributed by atoms with E-state index in [4.69, 9.17) is 6.42 Å². The van der Waals surface area contributed by atoms with E-state index < -0.39 is 0 Å². The van der Waals surface area contributed by atoms with E-state index in [1.54, 1.807) is 0 Å². The van der Waals surface area contributed by atoms with Gasteiger partial charge in [0, 0.05) is 18.5 Å². The minimum atomic E-state index is 0.313. The molecule has 1 N–H and O–H groups in total. The summed E-state index contributed by atoms with van der Waals surface area (Å²) in [6.45, 7) is 4.36. The van der Waals surface area contributed by atoms with Gasteiger partial charge in [0.05, 0.1) is 0 Å². The molecule has 1 nitrogen and oxygen atoms in total. The Morgan fingerprint density at radius 3 is 2.19 bits per heavy atom. The number of terminal acetylenes is 1. The van der Waals surface area contributed by atoms with Crippen LogP contribution in [-0.4, -0.2) is 6.04 Å². The fourth-order valence-electron chi connectivity index (χ4n) is 2.51. The molecule has 21 heavy (non-hydrogen) atoms. The maximum atomic E-state index is 5.41. The second kappa shape index (κ2) is 7.67. The van der Waals surface area contributed by atoms with Crippen LogP contribution in [0.2, 0.25) is 0 Å². The van der Waals surface area contributed by atoms with Crippen molar-refractivity contribution in [1.29, 1.82) is 0 Å². The summed E-state index contributed by atoms with van der Waals surface area (Å²) >= 11 is 0. The molecule has 0 radical (unpaired) electrons. The molecule has 108 valence electrons. The van der Waals surface area contributed by atoms with Gasteiger partial charge in [-0.05, 0) is 30.0 Å². The van der Waals surface area contributed by atoms with Crippen molar-refractivity contribution in [3.63, 3.8) is 0 Å². The maximum Gasteiger partial charge on any atom is 0.0294 e. The van der Waals surface area contributed by atoms with Gasteiger partial charge in [0.1, 0.15) is 0 Å². The lowest BCUT2D eigenvalue weighted by Gasteiger charge is -2.21. The van der Waals surface area contributed by atoms with E-state index in [1.807, 2.05) is 6.07 Å². The fourth-order valence-corrected chi connectivity index (χ4v) is 2.51. The molecule has 0 aromatic heterocycles. The van der Waals surface area contributed by atoms with Crippen LogP contribution in [0.15, 0.2) is 54.6 Å². The van der Waals surface area contributed by atoms with Crippen molar-refractivity contribution in [2.75, 3.05) is 0 Å². The molecule has 2 unspecified atom stereocenters. The molecule has 2 atom stereocenters. The number of hydrogen-bond acceptors (Lipinski definition) is 1. The molecular weight excluding hydrogens is 254 g/mol. The Morgan fingerprint density at radius 1 is 1.00 bits per heavy atom. The van der Waals surface area contributed by atoms with Crippen LogP contribution in [-0.2, 0) is 0 Å². The number of nitrogens with one attached hydrogen (secondary N) is 1. The van der Waals surface area contributed by atoms with Crippen molar-refractivity contribution in [3.05, 3.63) is 60.2 Å². The molecule has 1 heteroatoms. The van der Waals surface area contributed by atoms with Gasteiger partial charge in [0.2, 0.25) is 0 Å². The van der Waals surface area contributed by atoms with Gasteiger partial charge in [0.15, 0.2) is 0 Å². The van der Waals surface area contributed by atoms with Crippen molar-refractivity contribution in [1.82, 2.24) is 5.32 Å². The highest BCUT2D eigenvalue weighted by Crippen LogP contribution is 2.22. The summed E-state index contributed by atoms with van der Waals surface area (Å²) in [6.07, 6.45) is 7.25. The molecule has 0 aliphatic rings. The third kappa shape index (κ3) is 4.21. The SMILES string of the molecule is C#CCC(CC)NC(C)c1ccc(-c2ccccc2)cc1. The summed E-state index contributed by atoms with van der Waals surface area (Å²) in [7, 11) is 0. The Bertz CT molecular complexity index is 577. The molecule has 0 saturated carbocycles. The van der Waals surface area contributed by atoms with E-state index >= 15 is 0 Å². The topological polar surface area (TPSA) is 12.0 Å². The highest BCUT2D eigenvalue weighted by atomic mass is 14.9. The predicted octanol–water partition coefficient (Wildman–Crippen LogP) is 4.81. The third-order valence-corrected chi connectivity index (χ3v) is 3.86. The smallest absolute Gasteiger partial charge is 0.0294 e. The average Bonchev–Trinajstić information content (AvgIpc) is 2.55. The number of benzene rings is 2. The first-order chi connectivity index (χ1) is 10.2. The van der Waals surface area contributed by atoms with Gasteiger partial charge in [-0.25, -0.2) is 0 Å².